The van der Waals surface area contributed by atoms with Crippen LogP contribution in [0.2, 0.25) is 0 Å². The number of aromatic amines is 1. The van der Waals surface area contributed by atoms with Crippen LogP contribution in [-0.2, 0) is 9.59 Å². The third kappa shape index (κ3) is 5.52. The third-order valence-electron chi connectivity index (χ3n) is 3.66. The number of rotatable bonds is 6. The van der Waals surface area contributed by atoms with Gasteiger partial charge in [-0.25, -0.2) is 0 Å². The van der Waals surface area contributed by atoms with Crippen LogP contribution < -0.4 is 16.2 Å². The zero-order valence-electron chi connectivity index (χ0n) is 15.2. The number of amides is 2. The third-order valence-corrected chi connectivity index (χ3v) is 5.21. The monoisotopic (exact) mass is 473 g/mol. The maximum atomic E-state index is 12.5. The number of benzene rings is 2. The largest absolute Gasteiger partial charge is 0.326 e. The van der Waals surface area contributed by atoms with Crippen molar-refractivity contribution in [2.24, 2.45) is 0 Å². The molecule has 1 heterocycles. The smallest absolute Gasteiger partial charge is 0.278 e. The number of H-pyrrole nitrogens is 1. The molecule has 0 unspecified atom stereocenters. The van der Waals surface area contributed by atoms with E-state index in [1.54, 1.807) is 30.3 Å². The number of anilines is 2. The lowest BCUT2D eigenvalue weighted by molar-refractivity contribution is -0.114. The molecule has 0 aliphatic rings. The fourth-order valence-electron chi connectivity index (χ4n) is 2.43. The Kier molecular flexibility index (Phi) is 6.78. The van der Waals surface area contributed by atoms with Gasteiger partial charge < -0.3 is 10.6 Å². The second-order valence-electron chi connectivity index (χ2n) is 5.85. The number of hydrogen-bond acceptors (Lipinski definition) is 6. The fourth-order valence-corrected chi connectivity index (χ4v) is 3.42. The highest BCUT2D eigenvalue weighted by Gasteiger charge is 2.14. The van der Waals surface area contributed by atoms with Crippen molar-refractivity contribution in [1.29, 1.82) is 0 Å². The Balaban J connectivity index is 1.71. The summed E-state index contributed by atoms with van der Waals surface area (Å²) in [6.45, 7) is 1.38. The first-order valence-corrected chi connectivity index (χ1v) is 10.2. The fraction of sp³-hybridized carbons (Fsp3) is 0.105. The van der Waals surface area contributed by atoms with Crippen molar-refractivity contribution < 1.29 is 9.59 Å². The van der Waals surface area contributed by atoms with E-state index in [2.05, 4.69) is 41.7 Å². The number of para-hydroxylation sites is 2. The molecule has 0 bridgehead atoms. The zero-order valence-corrected chi connectivity index (χ0v) is 17.6. The van der Waals surface area contributed by atoms with Gasteiger partial charge >= 0.3 is 0 Å². The number of hydrogen-bond donors (Lipinski definition) is 3. The van der Waals surface area contributed by atoms with Crippen LogP contribution in [0.4, 0.5) is 11.4 Å². The lowest BCUT2D eigenvalue weighted by Gasteiger charge is -2.09. The number of aromatic nitrogens is 3. The summed E-state index contributed by atoms with van der Waals surface area (Å²) in [5.41, 5.74) is 1.19. The van der Waals surface area contributed by atoms with Gasteiger partial charge in [0.1, 0.15) is 0 Å². The molecule has 0 aliphatic carbocycles. The summed E-state index contributed by atoms with van der Waals surface area (Å²) in [6.07, 6.45) is 0. The van der Waals surface area contributed by atoms with Gasteiger partial charge in [0.05, 0.1) is 17.1 Å². The standard InChI is InChI=1S/C19H16BrN5O3S/c1-11(26)21-14-8-4-2-6-12(14)17-18(28)23-19(25-24-17)29-10-16(27)22-15-9-5-3-7-13(15)20/h2-9H,10H2,1H3,(H,21,26)(H,22,27)(H,23,25,28). The minimum absolute atomic E-state index is 0.0494. The van der Waals surface area contributed by atoms with Crippen molar-refractivity contribution in [1.82, 2.24) is 15.2 Å². The maximum Gasteiger partial charge on any atom is 0.278 e. The van der Waals surface area contributed by atoms with E-state index in [9.17, 15) is 14.4 Å². The minimum atomic E-state index is -0.466. The summed E-state index contributed by atoms with van der Waals surface area (Å²) in [5.74, 6) is -0.456. The quantitative estimate of drug-likeness (QED) is 0.472. The molecule has 2 amide bonds. The Labute approximate surface area is 178 Å². The molecule has 3 aromatic rings. The van der Waals surface area contributed by atoms with E-state index in [4.69, 9.17) is 0 Å². The molecule has 0 saturated carbocycles. The molecule has 148 valence electrons. The maximum absolute atomic E-state index is 12.5. The minimum Gasteiger partial charge on any atom is -0.326 e. The Hall–Kier alpha value is -2.98. The lowest BCUT2D eigenvalue weighted by Crippen LogP contribution is -2.18. The predicted octanol–water partition coefficient (Wildman–Crippen LogP) is 3.28. The van der Waals surface area contributed by atoms with Crippen molar-refractivity contribution in [2.75, 3.05) is 16.4 Å². The number of halogens is 1. The van der Waals surface area contributed by atoms with Crippen LogP contribution in [-0.4, -0.2) is 32.7 Å². The van der Waals surface area contributed by atoms with E-state index < -0.39 is 5.56 Å². The molecule has 0 radical (unpaired) electrons. The molecule has 0 atom stereocenters. The van der Waals surface area contributed by atoms with E-state index in [-0.39, 0.29) is 28.4 Å². The van der Waals surface area contributed by atoms with Crippen LogP contribution in [0.5, 0.6) is 0 Å². The summed E-state index contributed by atoms with van der Waals surface area (Å²) in [7, 11) is 0. The van der Waals surface area contributed by atoms with Gasteiger partial charge in [-0.3, -0.25) is 19.4 Å². The van der Waals surface area contributed by atoms with Crippen LogP contribution >= 0.6 is 27.7 Å². The molecule has 0 saturated heterocycles. The molecule has 10 heteroatoms. The Bertz CT molecular complexity index is 1120. The zero-order chi connectivity index (χ0) is 20.8. The molecule has 29 heavy (non-hydrogen) atoms. The number of nitrogens with zero attached hydrogens (tertiary/aromatic N) is 2. The second kappa shape index (κ2) is 9.48. The first kappa shape index (κ1) is 20.7. The van der Waals surface area contributed by atoms with E-state index in [1.165, 1.54) is 6.92 Å². The molecule has 0 aliphatic heterocycles. The number of carbonyl (C=O) groups excluding carboxylic acids is 2. The van der Waals surface area contributed by atoms with Crippen LogP contribution in [0.1, 0.15) is 6.92 Å². The number of carbonyl (C=O) groups is 2. The van der Waals surface area contributed by atoms with Gasteiger partial charge in [0, 0.05) is 17.0 Å². The van der Waals surface area contributed by atoms with Crippen LogP contribution in [0.3, 0.4) is 0 Å². The van der Waals surface area contributed by atoms with Crippen molar-refractivity contribution in [3.8, 4) is 11.3 Å². The average molecular weight is 474 g/mol. The topological polar surface area (TPSA) is 117 Å². The second-order valence-corrected chi connectivity index (χ2v) is 7.67. The van der Waals surface area contributed by atoms with Gasteiger partial charge in [0.15, 0.2) is 10.9 Å². The van der Waals surface area contributed by atoms with Crippen molar-refractivity contribution in [3.63, 3.8) is 0 Å². The lowest BCUT2D eigenvalue weighted by atomic mass is 10.1. The van der Waals surface area contributed by atoms with Gasteiger partial charge in [-0.1, -0.05) is 42.1 Å². The van der Waals surface area contributed by atoms with Gasteiger partial charge in [-0.2, -0.15) is 0 Å². The van der Waals surface area contributed by atoms with Gasteiger partial charge in [0.2, 0.25) is 11.8 Å². The molecule has 0 fully saturated rings. The van der Waals surface area contributed by atoms with E-state index in [0.717, 1.165) is 16.2 Å². The van der Waals surface area contributed by atoms with Crippen molar-refractivity contribution in [2.45, 2.75) is 12.1 Å². The molecule has 0 spiro atoms. The SMILES string of the molecule is CC(=O)Nc1ccccc1-c1nnc(SCC(=O)Nc2ccccc2Br)[nH]c1=O. The Morgan fingerprint density at radius 3 is 2.41 bits per heavy atom. The van der Waals surface area contributed by atoms with E-state index in [1.807, 2.05) is 18.2 Å². The van der Waals surface area contributed by atoms with Gasteiger partial charge in [-0.05, 0) is 34.1 Å². The molecule has 1 aromatic heterocycles. The molecule has 2 aromatic carbocycles. The number of nitrogens with one attached hydrogen (secondary N) is 3. The average Bonchev–Trinajstić information content (AvgIpc) is 2.68. The summed E-state index contributed by atoms with van der Waals surface area (Å²) in [5, 5.41) is 13.6. The summed E-state index contributed by atoms with van der Waals surface area (Å²) < 4.78 is 0.772. The van der Waals surface area contributed by atoms with Gasteiger partial charge in [0.25, 0.3) is 5.56 Å². The highest BCUT2D eigenvalue weighted by molar-refractivity contribution is 9.10. The molecule has 8 nitrogen and oxygen atoms in total. The predicted molar refractivity (Wildman–Crippen MR) is 116 cm³/mol. The molecular weight excluding hydrogens is 458 g/mol. The summed E-state index contributed by atoms with van der Waals surface area (Å²) >= 11 is 4.42. The molecular formula is C19H16BrN5O3S. The van der Waals surface area contributed by atoms with Crippen molar-refractivity contribution in [3.05, 3.63) is 63.4 Å². The van der Waals surface area contributed by atoms with E-state index in [0.29, 0.717) is 16.9 Å². The van der Waals surface area contributed by atoms with Crippen LogP contribution in [0.15, 0.2) is 63.0 Å². The first-order chi connectivity index (χ1) is 13.9. The first-order valence-electron chi connectivity index (χ1n) is 8.45. The van der Waals surface area contributed by atoms with Gasteiger partial charge in [-0.15, -0.1) is 10.2 Å². The van der Waals surface area contributed by atoms with Crippen LogP contribution in [0, 0.1) is 0 Å². The van der Waals surface area contributed by atoms with Crippen LogP contribution in [0.25, 0.3) is 11.3 Å². The van der Waals surface area contributed by atoms with E-state index >= 15 is 0 Å². The number of thioether (sulfide) groups is 1. The Morgan fingerprint density at radius 2 is 1.72 bits per heavy atom. The normalized spacial score (nSPS) is 10.4. The van der Waals surface area contributed by atoms with Crippen molar-refractivity contribution >= 4 is 50.9 Å². The highest BCUT2D eigenvalue weighted by atomic mass is 79.9. The summed E-state index contributed by atoms with van der Waals surface area (Å²) in [6, 6.07) is 14.1. The molecule has 3 rings (SSSR count). The molecule has 3 N–H and O–H groups in total. The Morgan fingerprint density at radius 1 is 1.03 bits per heavy atom. The highest BCUT2D eigenvalue weighted by Crippen LogP contribution is 2.24. The summed E-state index contributed by atoms with van der Waals surface area (Å²) in [4.78, 5) is 38.6.